The summed E-state index contributed by atoms with van der Waals surface area (Å²) in [5.74, 6) is 0. The topological polar surface area (TPSA) is 32.3 Å². The van der Waals surface area contributed by atoms with Crippen LogP contribution in [0.3, 0.4) is 0 Å². The maximum Gasteiger partial charge on any atom is 0.0443 e. The molecule has 2 nitrogen and oxygen atoms in total. The first-order chi connectivity index (χ1) is 7.81. The zero-order valence-corrected chi connectivity index (χ0v) is 10.8. The Balaban J connectivity index is 1.95. The highest BCUT2D eigenvalue weighted by Gasteiger charge is 2.15. The molecule has 16 heavy (non-hydrogen) atoms. The van der Waals surface area contributed by atoms with Crippen molar-refractivity contribution in [3.63, 3.8) is 0 Å². The Hall–Kier alpha value is -0.380. The van der Waals surface area contributed by atoms with Gasteiger partial charge in [-0.2, -0.15) is 0 Å². The summed E-state index contributed by atoms with van der Waals surface area (Å²) in [5.41, 5.74) is 1.59. The molecule has 0 aliphatic heterocycles. The third-order valence-electron chi connectivity index (χ3n) is 3.23. The second-order valence-electron chi connectivity index (χ2n) is 4.56. The summed E-state index contributed by atoms with van der Waals surface area (Å²) in [5, 5.41) is 12.2. The first-order valence-corrected chi connectivity index (χ1v) is 7.08. The van der Waals surface area contributed by atoms with E-state index in [1.807, 2.05) is 11.3 Å². The monoisotopic (exact) mass is 239 g/mol. The Labute approximate surface area is 102 Å². The van der Waals surface area contributed by atoms with Gasteiger partial charge in [-0.05, 0) is 57.2 Å². The van der Waals surface area contributed by atoms with Gasteiger partial charge in [-0.3, -0.25) is 0 Å². The summed E-state index contributed by atoms with van der Waals surface area (Å²) in [7, 11) is 0. The quantitative estimate of drug-likeness (QED) is 0.774. The molecule has 1 aliphatic rings. The molecule has 0 saturated heterocycles. The predicted molar refractivity (Wildman–Crippen MR) is 69.1 cm³/mol. The molecule has 0 radical (unpaired) electrons. The van der Waals surface area contributed by atoms with E-state index in [1.54, 1.807) is 10.4 Å². The van der Waals surface area contributed by atoms with E-state index in [0.29, 0.717) is 6.04 Å². The number of hydrogen-bond acceptors (Lipinski definition) is 3. The van der Waals surface area contributed by atoms with Crippen LogP contribution in [0.1, 0.15) is 47.5 Å². The van der Waals surface area contributed by atoms with Crippen LogP contribution in [-0.4, -0.2) is 18.3 Å². The lowest BCUT2D eigenvalue weighted by atomic mass is 9.99. The fraction of sp³-hybridized carbons (Fsp3) is 0.692. The van der Waals surface area contributed by atoms with Gasteiger partial charge in [0.1, 0.15) is 0 Å². The Bertz CT molecular complexity index is 311. The lowest BCUT2D eigenvalue weighted by molar-refractivity contribution is 0.284. The van der Waals surface area contributed by atoms with E-state index < -0.39 is 0 Å². The molecule has 0 aromatic carbocycles. The molecule has 1 heterocycles. The Kier molecular flexibility index (Phi) is 4.38. The minimum absolute atomic E-state index is 0.278. The minimum atomic E-state index is 0.278. The molecule has 3 heteroatoms. The number of thiophene rings is 1. The molecule has 2 N–H and O–H groups in total. The normalized spacial score (nSPS) is 17.1. The third kappa shape index (κ3) is 2.84. The van der Waals surface area contributed by atoms with Crippen LogP contribution in [0.15, 0.2) is 6.07 Å². The van der Waals surface area contributed by atoms with Gasteiger partial charge >= 0.3 is 0 Å². The van der Waals surface area contributed by atoms with Gasteiger partial charge < -0.3 is 10.4 Å². The third-order valence-corrected chi connectivity index (χ3v) is 4.65. The van der Waals surface area contributed by atoms with Crippen molar-refractivity contribution in [3.05, 3.63) is 21.4 Å². The SMILES string of the molecule is CC(NCCCO)c1cc2c(s1)CCCC2. The Morgan fingerprint density at radius 3 is 3.00 bits per heavy atom. The smallest absolute Gasteiger partial charge is 0.0443 e. The van der Waals surface area contributed by atoms with Crippen LogP contribution in [0.5, 0.6) is 0 Å². The molecule has 0 amide bonds. The van der Waals surface area contributed by atoms with Gasteiger partial charge in [0.25, 0.3) is 0 Å². The zero-order chi connectivity index (χ0) is 11.4. The molecule has 0 fully saturated rings. The summed E-state index contributed by atoms with van der Waals surface area (Å²) in [6.45, 7) is 3.40. The van der Waals surface area contributed by atoms with Crippen LogP contribution in [0.2, 0.25) is 0 Å². The van der Waals surface area contributed by atoms with Crippen LogP contribution in [0, 0.1) is 0 Å². The summed E-state index contributed by atoms with van der Waals surface area (Å²) >= 11 is 1.98. The highest BCUT2D eigenvalue weighted by atomic mass is 32.1. The van der Waals surface area contributed by atoms with Gasteiger partial charge in [-0.15, -0.1) is 11.3 Å². The molecule has 1 unspecified atom stereocenters. The summed E-state index contributed by atoms with van der Waals surface area (Å²) in [6.07, 6.45) is 6.11. The van der Waals surface area contributed by atoms with Crippen molar-refractivity contribution in [3.8, 4) is 0 Å². The number of aryl methyl sites for hydroxylation is 2. The fourth-order valence-corrected chi connectivity index (χ4v) is 3.51. The van der Waals surface area contributed by atoms with Crippen LogP contribution in [0.25, 0.3) is 0 Å². The van der Waals surface area contributed by atoms with E-state index in [0.717, 1.165) is 13.0 Å². The zero-order valence-electron chi connectivity index (χ0n) is 9.96. The van der Waals surface area contributed by atoms with Gasteiger partial charge in [-0.1, -0.05) is 0 Å². The lowest BCUT2D eigenvalue weighted by Crippen LogP contribution is -2.19. The first kappa shape index (κ1) is 12.1. The van der Waals surface area contributed by atoms with Crippen LogP contribution in [-0.2, 0) is 12.8 Å². The molecule has 0 saturated carbocycles. The van der Waals surface area contributed by atoms with Gasteiger partial charge in [0.15, 0.2) is 0 Å². The highest BCUT2D eigenvalue weighted by Crippen LogP contribution is 2.32. The van der Waals surface area contributed by atoms with E-state index >= 15 is 0 Å². The van der Waals surface area contributed by atoms with Crippen molar-refractivity contribution in [2.24, 2.45) is 0 Å². The largest absolute Gasteiger partial charge is 0.396 e. The molecule has 2 rings (SSSR count). The van der Waals surface area contributed by atoms with E-state index in [2.05, 4.69) is 18.3 Å². The summed E-state index contributed by atoms with van der Waals surface area (Å²) in [4.78, 5) is 3.07. The van der Waals surface area contributed by atoms with Gasteiger partial charge in [-0.25, -0.2) is 0 Å². The maximum atomic E-state index is 8.74. The average Bonchev–Trinajstić information content (AvgIpc) is 2.73. The first-order valence-electron chi connectivity index (χ1n) is 6.27. The Morgan fingerprint density at radius 2 is 2.25 bits per heavy atom. The van der Waals surface area contributed by atoms with Crippen molar-refractivity contribution in [2.75, 3.05) is 13.2 Å². The molecule has 90 valence electrons. The number of fused-ring (bicyclic) bond motifs is 1. The standard InChI is InChI=1S/C13H21NOS/c1-10(14-7-4-8-15)13-9-11-5-2-3-6-12(11)16-13/h9-10,14-15H,2-8H2,1H3. The molecule has 1 aromatic rings. The van der Waals surface area contributed by atoms with Crippen molar-refractivity contribution in [2.45, 2.75) is 45.1 Å². The lowest BCUT2D eigenvalue weighted by Gasteiger charge is -2.10. The molecular weight excluding hydrogens is 218 g/mol. The van der Waals surface area contributed by atoms with Crippen molar-refractivity contribution < 1.29 is 5.11 Å². The van der Waals surface area contributed by atoms with Crippen molar-refractivity contribution in [1.82, 2.24) is 5.32 Å². The molecular formula is C13H21NOS. The summed E-state index contributed by atoms with van der Waals surface area (Å²) in [6, 6.07) is 2.82. The van der Waals surface area contributed by atoms with E-state index in [9.17, 15) is 0 Å². The minimum Gasteiger partial charge on any atom is -0.396 e. The molecule has 1 aromatic heterocycles. The van der Waals surface area contributed by atoms with Crippen LogP contribution >= 0.6 is 11.3 Å². The number of aliphatic hydroxyl groups is 1. The van der Waals surface area contributed by atoms with Gasteiger partial charge in [0.05, 0.1) is 0 Å². The highest BCUT2D eigenvalue weighted by molar-refractivity contribution is 7.12. The number of rotatable bonds is 5. The van der Waals surface area contributed by atoms with Crippen LogP contribution < -0.4 is 5.32 Å². The average molecular weight is 239 g/mol. The fourth-order valence-electron chi connectivity index (χ4n) is 2.23. The van der Waals surface area contributed by atoms with Crippen molar-refractivity contribution >= 4 is 11.3 Å². The molecule has 0 bridgehead atoms. The second-order valence-corrected chi connectivity index (χ2v) is 5.73. The second kappa shape index (κ2) is 5.80. The summed E-state index contributed by atoms with van der Waals surface area (Å²) < 4.78 is 0. The van der Waals surface area contributed by atoms with Crippen molar-refractivity contribution in [1.29, 1.82) is 0 Å². The molecule has 1 atom stereocenters. The maximum absolute atomic E-state index is 8.74. The van der Waals surface area contributed by atoms with Gasteiger partial charge in [0, 0.05) is 22.4 Å². The Morgan fingerprint density at radius 1 is 1.44 bits per heavy atom. The van der Waals surface area contributed by atoms with E-state index in [-0.39, 0.29) is 6.61 Å². The predicted octanol–water partition coefficient (Wildman–Crippen LogP) is 2.66. The molecule has 1 aliphatic carbocycles. The van der Waals surface area contributed by atoms with E-state index in [1.165, 1.54) is 30.6 Å². The molecule has 0 spiro atoms. The number of aliphatic hydroxyl groups excluding tert-OH is 1. The number of nitrogens with one attached hydrogen (secondary N) is 1. The van der Waals surface area contributed by atoms with Gasteiger partial charge in [0.2, 0.25) is 0 Å². The van der Waals surface area contributed by atoms with Crippen LogP contribution in [0.4, 0.5) is 0 Å². The van der Waals surface area contributed by atoms with E-state index in [4.69, 9.17) is 5.11 Å². The number of hydrogen-bond donors (Lipinski definition) is 2.